The third kappa shape index (κ3) is 21.1. The maximum atomic E-state index is 13.0. The first kappa shape index (κ1) is 93.5. The smallest absolute Gasteiger partial charge is 0.394 e. The summed E-state index contributed by atoms with van der Waals surface area (Å²) in [6.07, 6.45) is -90.5. The second-order valence-corrected chi connectivity index (χ2v) is 29.0. The minimum Gasteiger partial charge on any atom is -0.394 e. The van der Waals surface area contributed by atoms with E-state index >= 15 is 0 Å². The molecule has 9 heterocycles. The molecule has 0 radical (unpaired) electrons. The molecule has 9 fully saturated rings. The summed E-state index contributed by atoms with van der Waals surface area (Å²) in [7, 11) is -5.41. The molecule has 0 bridgehead atoms. The van der Waals surface area contributed by atoms with E-state index in [9.17, 15) is 155 Å². The number of rotatable bonds is 30. The molecule has 0 unspecified atom stereocenters. The molecule has 9 rings (SSSR count). The van der Waals surface area contributed by atoms with E-state index in [4.69, 9.17) is 80.5 Å². The van der Waals surface area contributed by atoms with Gasteiger partial charge in [-0.05, 0) is 0 Å². The van der Waals surface area contributed by atoms with E-state index in [0.717, 1.165) is 20.8 Å². The molecular formula is C60H101N3O49S. The van der Waals surface area contributed by atoms with Gasteiger partial charge in [-0.3, -0.25) is 18.9 Å². The van der Waals surface area contributed by atoms with E-state index < -0.39 is 364 Å². The lowest BCUT2D eigenvalue weighted by Gasteiger charge is -2.51. The van der Waals surface area contributed by atoms with Crippen molar-refractivity contribution in [3.05, 3.63) is 0 Å². The fraction of sp³-hybridized carbons (Fsp3) is 0.950. The highest BCUT2D eigenvalue weighted by molar-refractivity contribution is 7.80. The Morgan fingerprint density at radius 2 is 0.549 bits per heavy atom. The number of nitrogens with one attached hydrogen (secondary N) is 3. The van der Waals surface area contributed by atoms with Crippen molar-refractivity contribution in [2.24, 2.45) is 0 Å². The Labute approximate surface area is 638 Å². The van der Waals surface area contributed by atoms with E-state index in [0.29, 0.717) is 0 Å². The van der Waals surface area contributed by atoms with Crippen LogP contribution >= 0.6 is 0 Å². The van der Waals surface area contributed by atoms with Crippen molar-refractivity contribution in [2.75, 3.05) is 59.5 Å². The molecule has 9 aliphatic rings. The fourth-order valence-corrected chi connectivity index (χ4v) is 14.7. The molecule has 52 nitrogen and oxygen atoms in total. The van der Waals surface area contributed by atoms with Crippen molar-refractivity contribution in [1.29, 1.82) is 0 Å². The van der Waals surface area contributed by atoms with Crippen molar-refractivity contribution >= 4 is 28.1 Å². The molecule has 656 valence electrons. The van der Waals surface area contributed by atoms with Crippen LogP contribution in [0.1, 0.15) is 20.8 Å². The second-order valence-electron chi connectivity index (χ2n) is 28.0. The van der Waals surface area contributed by atoms with Gasteiger partial charge in [0.05, 0.1) is 59.5 Å². The van der Waals surface area contributed by atoms with Crippen LogP contribution in [0, 0.1) is 0 Å². The van der Waals surface area contributed by atoms with Crippen molar-refractivity contribution in [2.45, 2.75) is 297 Å². The number of ether oxygens (including phenoxy) is 17. The number of amides is 3. The van der Waals surface area contributed by atoms with E-state index in [1.54, 1.807) is 0 Å². The minimum absolute atomic E-state index is 0.802. The molecule has 0 aromatic rings. The molecule has 29 N–H and O–H groups in total. The van der Waals surface area contributed by atoms with Gasteiger partial charge in [0.15, 0.2) is 56.6 Å². The molecule has 113 heavy (non-hydrogen) atoms. The molecule has 0 aromatic carbocycles. The maximum absolute atomic E-state index is 13.0. The Hall–Kier alpha value is -3.40. The van der Waals surface area contributed by atoms with Crippen LogP contribution in [0.4, 0.5) is 0 Å². The van der Waals surface area contributed by atoms with Crippen molar-refractivity contribution in [1.82, 2.24) is 16.0 Å². The number of carbonyl (C=O) groups is 3. The summed E-state index contributed by atoms with van der Waals surface area (Å²) in [5.74, 6) is -2.74. The highest BCUT2D eigenvalue weighted by atomic mass is 32.3. The van der Waals surface area contributed by atoms with Crippen molar-refractivity contribution in [3.63, 3.8) is 0 Å². The lowest BCUT2D eigenvalue weighted by Crippen LogP contribution is -2.71. The van der Waals surface area contributed by atoms with E-state index in [1.165, 1.54) is 0 Å². The molecular weight excluding hydrogens is 1580 g/mol. The zero-order valence-electron chi connectivity index (χ0n) is 59.8. The van der Waals surface area contributed by atoms with Gasteiger partial charge in [0.2, 0.25) is 17.7 Å². The molecule has 0 aromatic heterocycles. The number of carbonyl (C=O) groups excluding carboxylic acids is 3. The van der Waals surface area contributed by atoms with Gasteiger partial charge >= 0.3 is 10.4 Å². The summed E-state index contributed by atoms with van der Waals surface area (Å²) in [6, 6.07) is -5.59. The van der Waals surface area contributed by atoms with Crippen LogP contribution in [0.2, 0.25) is 0 Å². The standard InChI is InChI=1S/C60H101N3O49S/c1-13(71)61-25-33(79)45(19(7-67)97-52(25)91)106-53-26(62-14(2)72)34(80)47(21(9-69)101-53)108-59-44(90)50(110-60-51(38(84)30(76)18(6-66)100-60)111-54-27(63-15(3)73)35(81)46(20(8-68)102-54)107-57-40(86)36(82)28(74)16(4-64)98-57)32(78)24(105-59)12-96-56-43(89)49(109-58-41(87)37(83)29(75)17(5-65)99-58)31(77)23(104-56)11-95-55-42(88)39(85)48(22(10-70)103-55)112-113(92,93)94/h16-60,64-70,74-91H,4-12H2,1-3H3,(H,61,71)(H,62,72)(H,63,73)(H,92,93,94)/t16-,17-,18-,19-,20-,21-,22-,23-,24-,25-,26-,27-,28+,29-,30-,31-,32-,33-,34-,35-,36+,37+,38+,39-,40-,41+,42+,43+,44+,45-,46-,47-,48-,49+,50+,51+,52-,53+,54+,55+,56+,57+,58-,59+,60-/m1/s1. The zero-order chi connectivity index (χ0) is 83.4. The molecule has 0 spiro atoms. The van der Waals surface area contributed by atoms with Crippen LogP contribution in [0.15, 0.2) is 0 Å². The third-order valence-corrected chi connectivity index (χ3v) is 20.6. The lowest BCUT2D eigenvalue weighted by molar-refractivity contribution is -0.398. The van der Waals surface area contributed by atoms with Crippen LogP contribution in [0.5, 0.6) is 0 Å². The van der Waals surface area contributed by atoms with Crippen LogP contribution < -0.4 is 16.0 Å². The maximum Gasteiger partial charge on any atom is 0.397 e. The summed E-state index contributed by atoms with van der Waals surface area (Å²) >= 11 is 0. The Kier molecular flexibility index (Phi) is 33.3. The molecule has 0 saturated carbocycles. The quantitative estimate of drug-likeness (QED) is 0.0297. The lowest BCUT2D eigenvalue weighted by atomic mass is 9.93. The molecule has 45 atom stereocenters. The molecule has 9 aliphatic heterocycles. The minimum atomic E-state index is -5.41. The molecule has 53 heteroatoms. The Morgan fingerprint density at radius 1 is 0.274 bits per heavy atom. The largest absolute Gasteiger partial charge is 0.397 e. The molecule has 3 amide bonds. The van der Waals surface area contributed by atoms with Crippen molar-refractivity contribution < 1.29 is 240 Å². The predicted molar refractivity (Wildman–Crippen MR) is 342 cm³/mol. The Bertz CT molecular complexity index is 3110. The summed E-state index contributed by atoms with van der Waals surface area (Å²) < 4.78 is 136. The third-order valence-electron chi connectivity index (χ3n) is 20.1. The van der Waals surface area contributed by atoms with Crippen molar-refractivity contribution in [3.8, 4) is 0 Å². The SMILES string of the molecule is CC(=O)N[C@@H]1[C@@H](O)[C@H](O[C@@H]2O[C@H](CO)[C@@H](O[C@@H]3O[C@H](CO[C@H]4O[C@H](CO[C@H]5O[C@H](CO)[C@@H](OS(=O)(=O)O)[C@H](O)[C@@H]5O)[C@@H](O)[C@H](O[C@H]5O[C@H](CO)[C@@H](O)[C@H](O)[C@@H]5O)[C@@H]4O)[C@@H](O)[C@H](O[C@H]4O[C@H](CO)[C@@H](O)[C@H](O)[C@@H]4O[C@@H]4O[C@H](CO)[C@@H](O[C@@H]5O[C@H](CO)[C@H](O)[C@H](O)[C@H]5O)[C@H](O)[C@H]4NC(C)=O)[C@@H]3O)[C@H](O)[C@H]2NC(C)=O)[C@@H](CO)O[C@H]1O. The van der Waals surface area contributed by atoms with Gasteiger partial charge in [0, 0.05) is 20.8 Å². The van der Waals surface area contributed by atoms with Crippen LogP contribution in [0.3, 0.4) is 0 Å². The first-order valence-electron chi connectivity index (χ1n) is 35.3. The summed E-state index contributed by atoms with van der Waals surface area (Å²) in [5, 5.41) is 284. The van der Waals surface area contributed by atoms with Crippen LogP contribution in [-0.4, -0.2) is 494 Å². The van der Waals surface area contributed by atoms with E-state index in [1.807, 2.05) is 0 Å². The highest BCUT2D eigenvalue weighted by Crippen LogP contribution is 2.40. The number of hydrogen-bond acceptors (Lipinski definition) is 48. The average molecular weight is 1680 g/mol. The van der Waals surface area contributed by atoms with Gasteiger partial charge in [0.25, 0.3) is 0 Å². The zero-order valence-corrected chi connectivity index (χ0v) is 60.6. The van der Waals surface area contributed by atoms with E-state index in [2.05, 4.69) is 20.1 Å². The first-order valence-corrected chi connectivity index (χ1v) is 36.7. The van der Waals surface area contributed by atoms with Gasteiger partial charge in [-0.15, -0.1) is 0 Å². The van der Waals surface area contributed by atoms with Gasteiger partial charge in [-0.25, -0.2) is 4.18 Å². The predicted octanol–water partition coefficient (Wildman–Crippen LogP) is -20.4. The monoisotopic (exact) mass is 1680 g/mol. The Balaban J connectivity index is 1.06. The molecule has 9 saturated heterocycles. The normalized spacial score (nSPS) is 48.8. The summed E-state index contributed by atoms with van der Waals surface area (Å²) in [5.41, 5.74) is 0. The van der Waals surface area contributed by atoms with E-state index in [-0.39, 0.29) is 0 Å². The second kappa shape index (κ2) is 40.3. The van der Waals surface area contributed by atoms with Crippen LogP contribution in [-0.2, 0) is 109 Å². The average Bonchev–Trinajstić information content (AvgIpc) is 0.722. The Morgan fingerprint density at radius 3 is 0.965 bits per heavy atom. The fourth-order valence-electron chi connectivity index (χ4n) is 14.2. The van der Waals surface area contributed by atoms with Gasteiger partial charge < -0.3 is 224 Å². The van der Waals surface area contributed by atoms with Crippen LogP contribution in [0.25, 0.3) is 0 Å². The van der Waals surface area contributed by atoms with Gasteiger partial charge in [-0.1, -0.05) is 0 Å². The van der Waals surface area contributed by atoms with Gasteiger partial charge in [-0.2, -0.15) is 8.42 Å². The summed E-state index contributed by atoms with van der Waals surface area (Å²) in [6.45, 7) is -7.38. The molecule has 0 aliphatic carbocycles. The number of hydrogen-bond donors (Lipinski definition) is 29. The summed E-state index contributed by atoms with van der Waals surface area (Å²) in [4.78, 5) is 38.0. The topological polar surface area (TPSA) is 814 Å². The highest BCUT2D eigenvalue weighted by Gasteiger charge is 2.61. The van der Waals surface area contributed by atoms with Gasteiger partial charge in [0.1, 0.15) is 220 Å². The number of aliphatic hydroxyl groups excluding tert-OH is 25. The first-order chi connectivity index (χ1) is 53.3. The number of aliphatic hydroxyl groups is 25.